The van der Waals surface area contributed by atoms with E-state index in [9.17, 15) is 4.79 Å². The number of carbonyl (C=O) groups is 1. The number of carbonyl (C=O) groups excluding carboxylic acids is 1. The zero-order chi connectivity index (χ0) is 19.2. The normalized spacial score (nSPS) is 28.9. The topological polar surface area (TPSA) is 48.0 Å². The van der Waals surface area contributed by atoms with Gasteiger partial charge < -0.3 is 18.9 Å². The van der Waals surface area contributed by atoms with E-state index in [-0.39, 0.29) is 36.5 Å². The van der Waals surface area contributed by atoms with E-state index in [4.69, 9.17) is 14.0 Å². The van der Waals surface area contributed by atoms with E-state index in [0.29, 0.717) is 0 Å². The number of nitrogens with zero attached hydrogens (tertiary/aromatic N) is 1. The molecule has 2 aliphatic rings. The number of hydrogen-bond donors (Lipinski definition) is 0. The zero-order valence-electron chi connectivity index (χ0n) is 17.3. The van der Waals surface area contributed by atoms with E-state index in [0.717, 1.165) is 12.8 Å². The van der Waals surface area contributed by atoms with Crippen LogP contribution in [0.5, 0.6) is 0 Å². The molecule has 2 fully saturated rings. The fourth-order valence-corrected chi connectivity index (χ4v) is 3.43. The Hall–Kier alpha value is -1.01. The van der Waals surface area contributed by atoms with Crippen LogP contribution in [0.4, 0.5) is 4.79 Å². The van der Waals surface area contributed by atoms with Gasteiger partial charge in [-0.25, -0.2) is 4.79 Å². The van der Waals surface area contributed by atoms with Crippen molar-refractivity contribution in [3.63, 3.8) is 0 Å². The molecule has 2 saturated heterocycles. The average Bonchev–Trinajstić information content (AvgIpc) is 2.53. The molecular weight excluding hydrogens is 317 g/mol. The minimum atomic E-state index is -0.477. The number of rotatable bonds is 1. The van der Waals surface area contributed by atoms with Gasteiger partial charge >= 0.3 is 13.2 Å². The Morgan fingerprint density at radius 3 is 1.96 bits per heavy atom. The van der Waals surface area contributed by atoms with Crippen molar-refractivity contribution in [2.24, 2.45) is 0 Å². The van der Waals surface area contributed by atoms with Crippen LogP contribution in [-0.4, -0.2) is 47.0 Å². The van der Waals surface area contributed by atoms with Crippen molar-refractivity contribution in [3.05, 3.63) is 11.5 Å². The second kappa shape index (κ2) is 6.62. The highest BCUT2D eigenvalue weighted by Crippen LogP contribution is 2.38. The van der Waals surface area contributed by atoms with Crippen molar-refractivity contribution in [3.8, 4) is 0 Å². The summed E-state index contributed by atoms with van der Waals surface area (Å²) in [5.41, 5.74) is 0.139. The van der Waals surface area contributed by atoms with E-state index < -0.39 is 5.60 Å². The molecule has 5 nitrogen and oxygen atoms in total. The van der Waals surface area contributed by atoms with Gasteiger partial charge in [-0.05, 0) is 75.2 Å². The van der Waals surface area contributed by atoms with Gasteiger partial charge in [0.1, 0.15) is 5.60 Å². The predicted octanol–water partition coefficient (Wildman–Crippen LogP) is 4.35. The maximum Gasteiger partial charge on any atom is 0.487 e. The third-order valence-electron chi connectivity index (χ3n) is 5.31. The van der Waals surface area contributed by atoms with Gasteiger partial charge in [-0.1, -0.05) is 11.5 Å². The molecule has 0 aromatic rings. The predicted molar refractivity (Wildman–Crippen MR) is 100 cm³/mol. The second-order valence-electron chi connectivity index (χ2n) is 9.44. The maximum absolute atomic E-state index is 12.5. The van der Waals surface area contributed by atoms with E-state index in [1.54, 1.807) is 0 Å². The number of ether oxygens (including phenoxy) is 1. The summed E-state index contributed by atoms with van der Waals surface area (Å²) in [4.78, 5) is 14.3. The summed E-state index contributed by atoms with van der Waals surface area (Å²) >= 11 is 0. The van der Waals surface area contributed by atoms with Crippen LogP contribution < -0.4 is 0 Å². The van der Waals surface area contributed by atoms with Crippen molar-refractivity contribution in [1.82, 2.24) is 4.90 Å². The minimum absolute atomic E-state index is 0.0901. The summed E-state index contributed by atoms with van der Waals surface area (Å²) in [5.74, 6) is 2.09. The molecule has 0 bridgehead atoms. The van der Waals surface area contributed by atoms with Gasteiger partial charge in [-0.3, -0.25) is 0 Å². The van der Waals surface area contributed by atoms with Crippen LogP contribution in [-0.2, 0) is 14.0 Å². The van der Waals surface area contributed by atoms with Crippen LogP contribution in [0.25, 0.3) is 0 Å². The minimum Gasteiger partial charge on any atom is -0.444 e. The molecule has 1 amide bonds. The standard InChI is InChI=1S/C19H34BNO4/c1-13-10-15(12-20-24-18(6,7)19(8,9)25-20)11-14(2)21(13)16(22)23-17(3,4)5/h12-14H,10-11H2,1-9H3. The van der Waals surface area contributed by atoms with Crippen molar-refractivity contribution in [1.29, 1.82) is 0 Å². The summed E-state index contributed by atoms with van der Waals surface area (Å²) in [6.45, 7) is 18.1. The molecule has 0 saturated carbocycles. The van der Waals surface area contributed by atoms with Crippen LogP contribution in [0.15, 0.2) is 11.5 Å². The fourth-order valence-electron chi connectivity index (χ4n) is 3.43. The Bertz CT molecular complexity index is 520. The Labute approximate surface area is 153 Å². The molecule has 0 spiro atoms. The van der Waals surface area contributed by atoms with E-state index >= 15 is 0 Å². The highest BCUT2D eigenvalue weighted by Gasteiger charge is 2.50. The van der Waals surface area contributed by atoms with Gasteiger partial charge in [0.2, 0.25) is 0 Å². The van der Waals surface area contributed by atoms with Crippen molar-refractivity contribution >= 4 is 13.2 Å². The summed E-state index contributed by atoms with van der Waals surface area (Å²) in [6, 6.07) is 0.180. The third-order valence-corrected chi connectivity index (χ3v) is 5.31. The Kier molecular flexibility index (Phi) is 5.38. The second-order valence-corrected chi connectivity index (χ2v) is 9.44. The highest BCUT2D eigenvalue weighted by atomic mass is 16.7. The lowest BCUT2D eigenvalue weighted by Crippen LogP contribution is -2.50. The van der Waals surface area contributed by atoms with Gasteiger partial charge in [-0.15, -0.1) is 0 Å². The van der Waals surface area contributed by atoms with Gasteiger partial charge in [-0.2, -0.15) is 0 Å². The summed E-state index contributed by atoms with van der Waals surface area (Å²) in [6.07, 6.45) is 1.39. The van der Waals surface area contributed by atoms with Crippen LogP contribution in [0, 0.1) is 0 Å². The molecule has 0 aromatic carbocycles. The molecule has 0 radical (unpaired) electrons. The molecule has 0 N–H and O–H groups in total. The van der Waals surface area contributed by atoms with Crippen LogP contribution >= 0.6 is 0 Å². The molecule has 2 heterocycles. The van der Waals surface area contributed by atoms with Gasteiger partial charge in [0, 0.05) is 12.1 Å². The quantitative estimate of drug-likeness (QED) is 0.659. The van der Waals surface area contributed by atoms with E-state index in [1.165, 1.54) is 5.57 Å². The van der Waals surface area contributed by atoms with E-state index in [2.05, 4.69) is 47.5 Å². The van der Waals surface area contributed by atoms with Crippen LogP contribution in [0.1, 0.15) is 75.2 Å². The smallest absolute Gasteiger partial charge is 0.444 e. The lowest BCUT2D eigenvalue weighted by atomic mass is 9.81. The monoisotopic (exact) mass is 351 g/mol. The molecular formula is C19H34BNO4. The van der Waals surface area contributed by atoms with Crippen molar-refractivity contribution in [2.75, 3.05) is 0 Å². The molecule has 2 atom stereocenters. The molecule has 25 heavy (non-hydrogen) atoms. The molecule has 6 heteroatoms. The summed E-state index contributed by atoms with van der Waals surface area (Å²) < 4.78 is 17.7. The lowest BCUT2D eigenvalue weighted by molar-refractivity contribution is 0.00465. The van der Waals surface area contributed by atoms with E-state index in [1.807, 2.05) is 25.7 Å². The summed E-state index contributed by atoms with van der Waals surface area (Å²) in [5, 5.41) is 0. The zero-order valence-corrected chi connectivity index (χ0v) is 17.3. The SMILES string of the molecule is CC1CC(=CB2OC(C)(C)C(C)(C)O2)CC(C)N1C(=O)OC(C)(C)C. The lowest BCUT2D eigenvalue weighted by Gasteiger charge is -2.40. The first-order valence-electron chi connectivity index (χ1n) is 9.28. The number of amides is 1. The Morgan fingerprint density at radius 1 is 1.12 bits per heavy atom. The molecule has 0 aliphatic carbocycles. The number of hydrogen-bond acceptors (Lipinski definition) is 4. The Morgan fingerprint density at radius 2 is 1.56 bits per heavy atom. The van der Waals surface area contributed by atoms with Crippen LogP contribution in [0.2, 0.25) is 0 Å². The number of piperidine rings is 1. The van der Waals surface area contributed by atoms with Gasteiger partial charge in [0.15, 0.2) is 0 Å². The van der Waals surface area contributed by atoms with Crippen molar-refractivity contribution < 1.29 is 18.8 Å². The third kappa shape index (κ3) is 4.59. The maximum atomic E-state index is 12.5. The fraction of sp³-hybridized carbons (Fsp3) is 0.842. The van der Waals surface area contributed by atoms with Gasteiger partial charge in [0.05, 0.1) is 11.2 Å². The largest absolute Gasteiger partial charge is 0.487 e. The van der Waals surface area contributed by atoms with Crippen LogP contribution in [0.3, 0.4) is 0 Å². The number of likely N-dealkylation sites (tertiary alicyclic amines) is 1. The molecule has 2 aliphatic heterocycles. The molecule has 2 unspecified atom stereocenters. The average molecular weight is 351 g/mol. The molecule has 0 aromatic heterocycles. The first-order valence-corrected chi connectivity index (χ1v) is 9.28. The highest BCUT2D eigenvalue weighted by molar-refractivity contribution is 6.51. The Balaban J connectivity index is 2.06. The van der Waals surface area contributed by atoms with Crippen molar-refractivity contribution in [2.45, 2.75) is 104 Å². The molecule has 142 valence electrons. The van der Waals surface area contributed by atoms with Gasteiger partial charge in [0.25, 0.3) is 0 Å². The first kappa shape index (κ1) is 20.3. The first-order chi connectivity index (χ1) is 11.2. The summed E-state index contributed by atoms with van der Waals surface area (Å²) in [7, 11) is -0.326. The molecule has 2 rings (SSSR count).